The van der Waals surface area contributed by atoms with Crippen molar-refractivity contribution < 1.29 is 13.2 Å². The zero-order valence-electron chi connectivity index (χ0n) is 17.9. The lowest BCUT2D eigenvalue weighted by molar-refractivity contribution is -0.137. The number of hydrogen-bond donors (Lipinski definition) is 2. The summed E-state index contributed by atoms with van der Waals surface area (Å²) in [5, 5.41) is 6.43. The van der Waals surface area contributed by atoms with Gasteiger partial charge in [-0.2, -0.15) is 13.2 Å². The van der Waals surface area contributed by atoms with Crippen molar-refractivity contribution >= 4 is 35.6 Å². The van der Waals surface area contributed by atoms with E-state index in [0.717, 1.165) is 31.9 Å². The summed E-state index contributed by atoms with van der Waals surface area (Å²) in [6, 6.07) is 3.99. The van der Waals surface area contributed by atoms with Gasteiger partial charge < -0.3 is 20.4 Å². The maximum absolute atomic E-state index is 13.3. The third-order valence-electron chi connectivity index (χ3n) is 4.50. The van der Waals surface area contributed by atoms with E-state index in [1.807, 2.05) is 27.7 Å². The van der Waals surface area contributed by atoms with E-state index in [-0.39, 0.29) is 36.1 Å². The van der Waals surface area contributed by atoms with Gasteiger partial charge in [-0.15, -0.1) is 24.0 Å². The number of rotatable bonds is 4. The SMILES string of the molecule is CCNC(=NCc1cc(C(F)(F)F)ccc1N1CCN(C)CC1)NC(C)(C)C.I. The second-order valence-corrected chi connectivity index (χ2v) is 8.20. The highest BCUT2D eigenvalue weighted by Gasteiger charge is 2.31. The molecular weight excluding hydrogens is 494 g/mol. The Bertz CT molecular complexity index is 678. The Morgan fingerprint density at radius 1 is 1.10 bits per heavy atom. The van der Waals surface area contributed by atoms with Gasteiger partial charge >= 0.3 is 6.18 Å². The van der Waals surface area contributed by atoms with E-state index in [9.17, 15) is 13.2 Å². The van der Waals surface area contributed by atoms with Crippen molar-refractivity contribution in [1.82, 2.24) is 15.5 Å². The summed E-state index contributed by atoms with van der Waals surface area (Å²) in [7, 11) is 2.05. The van der Waals surface area contributed by atoms with Crippen LogP contribution in [0.3, 0.4) is 0 Å². The lowest BCUT2D eigenvalue weighted by atomic mass is 10.1. The van der Waals surface area contributed by atoms with E-state index in [1.54, 1.807) is 6.07 Å². The molecule has 166 valence electrons. The monoisotopic (exact) mass is 527 g/mol. The fourth-order valence-electron chi connectivity index (χ4n) is 3.07. The molecule has 0 amide bonds. The molecule has 2 N–H and O–H groups in total. The van der Waals surface area contributed by atoms with Gasteiger partial charge in [0.2, 0.25) is 0 Å². The number of likely N-dealkylation sites (N-methyl/N-ethyl adjacent to an activating group) is 1. The number of guanidine groups is 1. The third kappa shape index (κ3) is 8.19. The standard InChI is InChI=1S/C20H32F3N5.HI/c1-6-24-18(26-19(2,3)4)25-14-15-13-16(20(21,22)23)7-8-17(15)28-11-9-27(5)10-12-28;/h7-8,13H,6,9-12,14H2,1-5H3,(H2,24,25,26);1H. The molecule has 5 nitrogen and oxygen atoms in total. The molecule has 29 heavy (non-hydrogen) atoms. The van der Waals surface area contributed by atoms with Crippen molar-refractivity contribution in [2.24, 2.45) is 4.99 Å². The molecule has 1 heterocycles. The number of aliphatic imine (C=N–C) groups is 1. The maximum Gasteiger partial charge on any atom is 0.416 e. The van der Waals surface area contributed by atoms with Crippen molar-refractivity contribution in [2.75, 3.05) is 44.7 Å². The molecule has 1 aliphatic rings. The largest absolute Gasteiger partial charge is 0.416 e. The fourth-order valence-corrected chi connectivity index (χ4v) is 3.07. The predicted octanol–water partition coefficient (Wildman–Crippen LogP) is 3.93. The summed E-state index contributed by atoms with van der Waals surface area (Å²) in [5.74, 6) is 0.594. The molecule has 0 bridgehead atoms. The van der Waals surface area contributed by atoms with E-state index >= 15 is 0 Å². The minimum atomic E-state index is -4.37. The van der Waals surface area contributed by atoms with Gasteiger partial charge in [0.25, 0.3) is 0 Å². The van der Waals surface area contributed by atoms with Gasteiger partial charge in [-0.25, -0.2) is 4.99 Å². The number of nitrogens with zero attached hydrogens (tertiary/aromatic N) is 3. The second kappa shape index (κ2) is 10.7. The van der Waals surface area contributed by atoms with Gasteiger partial charge in [-0.05, 0) is 58.5 Å². The summed E-state index contributed by atoms with van der Waals surface area (Å²) in [6.45, 7) is 12.2. The first-order chi connectivity index (χ1) is 13.0. The van der Waals surface area contributed by atoms with Crippen LogP contribution in [-0.2, 0) is 12.7 Å². The summed E-state index contributed by atoms with van der Waals surface area (Å²) in [4.78, 5) is 8.92. The first-order valence-corrected chi connectivity index (χ1v) is 9.69. The summed E-state index contributed by atoms with van der Waals surface area (Å²) < 4.78 is 39.8. The van der Waals surface area contributed by atoms with Gasteiger partial charge in [0, 0.05) is 44.0 Å². The van der Waals surface area contributed by atoms with Gasteiger partial charge in [0.1, 0.15) is 0 Å². The molecule has 0 unspecified atom stereocenters. The topological polar surface area (TPSA) is 42.9 Å². The van der Waals surface area contributed by atoms with Crippen LogP contribution < -0.4 is 15.5 Å². The molecule has 1 aromatic carbocycles. The number of alkyl halides is 3. The number of benzene rings is 1. The molecule has 0 aromatic heterocycles. The Kier molecular flexibility index (Phi) is 9.52. The summed E-state index contributed by atoms with van der Waals surface area (Å²) in [5.41, 5.74) is 0.584. The summed E-state index contributed by atoms with van der Waals surface area (Å²) in [6.07, 6.45) is -4.37. The van der Waals surface area contributed by atoms with Gasteiger partial charge in [0.15, 0.2) is 5.96 Å². The molecule has 1 saturated heterocycles. The van der Waals surface area contributed by atoms with Crippen molar-refractivity contribution in [2.45, 2.75) is 46.0 Å². The molecule has 1 aromatic rings. The number of halogens is 4. The van der Waals surface area contributed by atoms with Gasteiger partial charge in [-0.1, -0.05) is 0 Å². The highest BCUT2D eigenvalue weighted by atomic mass is 127. The minimum absolute atomic E-state index is 0. The number of hydrogen-bond acceptors (Lipinski definition) is 3. The molecule has 2 rings (SSSR count). The molecule has 0 spiro atoms. The van der Waals surface area contributed by atoms with Crippen molar-refractivity contribution in [3.8, 4) is 0 Å². The molecule has 9 heteroatoms. The van der Waals surface area contributed by atoms with Crippen LogP contribution in [-0.4, -0.2) is 56.2 Å². The Hall–Kier alpha value is -1.23. The second-order valence-electron chi connectivity index (χ2n) is 8.20. The van der Waals surface area contributed by atoms with Crippen molar-refractivity contribution in [3.63, 3.8) is 0 Å². The van der Waals surface area contributed by atoms with Crippen LogP contribution >= 0.6 is 24.0 Å². The average molecular weight is 527 g/mol. The quantitative estimate of drug-likeness (QED) is 0.354. The first-order valence-electron chi connectivity index (χ1n) is 9.69. The van der Waals surface area contributed by atoms with Crippen LogP contribution in [0.2, 0.25) is 0 Å². The maximum atomic E-state index is 13.3. The van der Waals surface area contributed by atoms with E-state index in [1.165, 1.54) is 12.1 Å². The zero-order valence-corrected chi connectivity index (χ0v) is 20.2. The lowest BCUT2D eigenvalue weighted by Gasteiger charge is -2.35. The van der Waals surface area contributed by atoms with E-state index in [4.69, 9.17) is 0 Å². The van der Waals surface area contributed by atoms with Gasteiger partial charge in [0.05, 0.1) is 12.1 Å². The van der Waals surface area contributed by atoms with E-state index < -0.39 is 11.7 Å². The van der Waals surface area contributed by atoms with E-state index in [2.05, 4.69) is 32.5 Å². The Balaban J connectivity index is 0.00000420. The van der Waals surface area contributed by atoms with Crippen molar-refractivity contribution in [1.29, 1.82) is 0 Å². The summed E-state index contributed by atoms with van der Waals surface area (Å²) >= 11 is 0. The Morgan fingerprint density at radius 3 is 2.24 bits per heavy atom. The molecule has 0 atom stereocenters. The van der Waals surface area contributed by atoms with Crippen molar-refractivity contribution in [3.05, 3.63) is 29.3 Å². The predicted molar refractivity (Wildman–Crippen MR) is 124 cm³/mol. The first kappa shape index (κ1) is 25.8. The van der Waals surface area contributed by atoms with Crippen LogP contribution in [0, 0.1) is 0 Å². The Labute approximate surface area is 189 Å². The number of piperazine rings is 1. The number of anilines is 1. The van der Waals surface area contributed by atoms with Crippen LogP contribution in [0.15, 0.2) is 23.2 Å². The molecule has 0 aliphatic carbocycles. The fraction of sp³-hybridized carbons (Fsp3) is 0.650. The molecular formula is C20H33F3IN5. The molecule has 0 radical (unpaired) electrons. The smallest absolute Gasteiger partial charge is 0.369 e. The van der Waals surface area contributed by atoms with Crippen LogP contribution in [0.1, 0.15) is 38.8 Å². The Morgan fingerprint density at radius 2 is 1.72 bits per heavy atom. The lowest BCUT2D eigenvalue weighted by Crippen LogP contribution is -2.47. The van der Waals surface area contributed by atoms with Crippen LogP contribution in [0.5, 0.6) is 0 Å². The highest BCUT2D eigenvalue weighted by molar-refractivity contribution is 14.0. The highest BCUT2D eigenvalue weighted by Crippen LogP contribution is 2.33. The molecule has 0 saturated carbocycles. The van der Waals surface area contributed by atoms with Crippen LogP contribution in [0.4, 0.5) is 18.9 Å². The zero-order chi connectivity index (χ0) is 20.9. The normalized spacial score (nSPS) is 16.4. The van der Waals surface area contributed by atoms with Crippen LogP contribution in [0.25, 0.3) is 0 Å². The molecule has 1 fully saturated rings. The number of nitrogens with one attached hydrogen (secondary N) is 2. The molecule has 1 aliphatic heterocycles. The van der Waals surface area contributed by atoms with Gasteiger partial charge in [-0.3, -0.25) is 0 Å². The third-order valence-corrected chi connectivity index (χ3v) is 4.50. The average Bonchev–Trinajstić information content (AvgIpc) is 2.58. The minimum Gasteiger partial charge on any atom is -0.369 e. The van der Waals surface area contributed by atoms with E-state index in [0.29, 0.717) is 18.1 Å².